The summed E-state index contributed by atoms with van der Waals surface area (Å²) < 4.78 is 40.8. The van der Waals surface area contributed by atoms with E-state index in [0.717, 1.165) is 24.6 Å². The summed E-state index contributed by atoms with van der Waals surface area (Å²) >= 11 is 0. The molecule has 2 aromatic rings. The highest BCUT2D eigenvalue weighted by Gasteiger charge is 2.34. The van der Waals surface area contributed by atoms with E-state index in [4.69, 9.17) is 5.73 Å². The van der Waals surface area contributed by atoms with Crippen LogP contribution in [0.5, 0.6) is 0 Å². The Balaban J connectivity index is 2.34. The van der Waals surface area contributed by atoms with Crippen molar-refractivity contribution in [2.24, 2.45) is 5.73 Å². The van der Waals surface area contributed by atoms with Crippen LogP contribution in [0, 0.1) is 0 Å². The van der Waals surface area contributed by atoms with Gasteiger partial charge in [0.2, 0.25) is 0 Å². The van der Waals surface area contributed by atoms with Crippen molar-refractivity contribution in [3.8, 4) is 0 Å². The molecule has 3 rings (SSSR count). The molecule has 2 heterocycles. The minimum Gasteiger partial charge on any atom is -0.343 e. The number of hydrogen-bond donors (Lipinski definition) is 1. The maximum absolute atomic E-state index is 13.0. The molecular weight excluding hydrogens is 241 g/mol. The van der Waals surface area contributed by atoms with Crippen LogP contribution in [0.4, 0.5) is 13.2 Å². The van der Waals surface area contributed by atoms with Crippen molar-refractivity contribution in [3.63, 3.8) is 0 Å². The predicted octanol–water partition coefficient (Wildman–Crippen LogP) is 3.45. The number of halogens is 3. The van der Waals surface area contributed by atoms with E-state index in [-0.39, 0.29) is 11.6 Å². The average Bonchev–Trinajstić information content (AvgIpc) is 2.68. The molecule has 0 bridgehead atoms. The zero-order valence-corrected chi connectivity index (χ0v) is 9.67. The van der Waals surface area contributed by atoms with E-state index in [1.54, 1.807) is 16.7 Å². The summed E-state index contributed by atoms with van der Waals surface area (Å²) in [4.78, 5) is 0. The van der Waals surface area contributed by atoms with Gasteiger partial charge in [0.05, 0.1) is 11.1 Å². The molecule has 0 spiro atoms. The van der Waals surface area contributed by atoms with Crippen LogP contribution in [-0.2, 0) is 12.7 Å². The Morgan fingerprint density at radius 1 is 1.28 bits per heavy atom. The molecule has 1 aromatic heterocycles. The number of nitrogens with two attached hydrogens (primary N) is 1. The van der Waals surface area contributed by atoms with Gasteiger partial charge in [0.1, 0.15) is 0 Å². The Morgan fingerprint density at radius 2 is 2.06 bits per heavy atom. The first-order valence-corrected chi connectivity index (χ1v) is 5.93. The summed E-state index contributed by atoms with van der Waals surface area (Å²) in [6.07, 6.45) is -2.67. The smallest absolute Gasteiger partial charge is 0.343 e. The van der Waals surface area contributed by atoms with Gasteiger partial charge in [0.15, 0.2) is 0 Å². The predicted molar refractivity (Wildman–Crippen MR) is 63.1 cm³/mol. The van der Waals surface area contributed by atoms with Crippen LogP contribution in [-0.4, -0.2) is 4.57 Å². The Kier molecular flexibility index (Phi) is 2.41. The molecule has 2 nitrogen and oxygen atoms in total. The minimum absolute atomic E-state index is 0.160. The lowest BCUT2D eigenvalue weighted by molar-refractivity contribution is -0.136. The molecular formula is C13H13F3N2. The number of fused-ring (bicyclic) bond motifs is 3. The Bertz CT molecular complexity index is 598. The van der Waals surface area contributed by atoms with Crippen LogP contribution in [0.1, 0.15) is 30.1 Å². The van der Waals surface area contributed by atoms with Crippen LogP contribution in [0.2, 0.25) is 0 Å². The lowest BCUT2D eigenvalue weighted by Crippen LogP contribution is -2.21. The summed E-state index contributed by atoms with van der Waals surface area (Å²) in [5.74, 6) is 0. The largest absolute Gasteiger partial charge is 0.418 e. The SMILES string of the molecule is NC1CCCn2c1cc1cccc(C(F)(F)F)c12. The third kappa shape index (κ3) is 1.61. The number of hydrogen-bond acceptors (Lipinski definition) is 1. The standard InChI is InChI=1S/C13H13F3N2/c14-13(15,16)9-4-1-3-8-7-11-10(17)5-2-6-18(11)12(8)9/h1,3-4,7,10H,2,5-6,17H2. The first-order chi connectivity index (χ1) is 8.48. The maximum Gasteiger partial charge on any atom is 0.418 e. The molecule has 2 N–H and O–H groups in total. The second kappa shape index (κ2) is 3.75. The molecule has 1 unspecified atom stereocenters. The van der Waals surface area contributed by atoms with Crippen LogP contribution in [0.25, 0.3) is 10.9 Å². The van der Waals surface area contributed by atoms with Gasteiger partial charge >= 0.3 is 6.18 Å². The Labute approximate surface area is 102 Å². The summed E-state index contributed by atoms with van der Waals surface area (Å²) in [6, 6.07) is 5.92. The van der Waals surface area contributed by atoms with Crippen molar-refractivity contribution in [2.75, 3.05) is 0 Å². The van der Waals surface area contributed by atoms with Gasteiger partial charge in [0.25, 0.3) is 0 Å². The molecule has 0 amide bonds. The third-order valence-electron chi connectivity index (χ3n) is 3.53. The minimum atomic E-state index is -4.32. The van der Waals surface area contributed by atoms with E-state index < -0.39 is 11.7 Å². The molecule has 0 fully saturated rings. The summed E-state index contributed by atoms with van der Waals surface area (Å²) in [7, 11) is 0. The highest BCUT2D eigenvalue weighted by molar-refractivity contribution is 5.85. The number of aryl methyl sites for hydroxylation is 1. The van der Waals surface area contributed by atoms with E-state index in [1.807, 2.05) is 0 Å². The van der Waals surface area contributed by atoms with Crippen molar-refractivity contribution in [1.82, 2.24) is 4.57 Å². The van der Waals surface area contributed by atoms with E-state index >= 15 is 0 Å². The van der Waals surface area contributed by atoms with Crippen molar-refractivity contribution >= 4 is 10.9 Å². The average molecular weight is 254 g/mol. The molecule has 0 saturated heterocycles. The van der Waals surface area contributed by atoms with E-state index in [0.29, 0.717) is 11.9 Å². The molecule has 0 saturated carbocycles. The number of aromatic nitrogens is 1. The molecule has 1 aliphatic heterocycles. The van der Waals surface area contributed by atoms with Crippen molar-refractivity contribution in [2.45, 2.75) is 31.6 Å². The van der Waals surface area contributed by atoms with Gasteiger partial charge in [-0.05, 0) is 25.0 Å². The second-order valence-corrected chi connectivity index (χ2v) is 4.71. The molecule has 1 atom stereocenters. The topological polar surface area (TPSA) is 30.9 Å². The van der Waals surface area contributed by atoms with Gasteiger partial charge in [-0.25, -0.2) is 0 Å². The van der Waals surface area contributed by atoms with Crippen LogP contribution < -0.4 is 5.73 Å². The fourth-order valence-corrected chi connectivity index (χ4v) is 2.74. The normalized spacial score (nSPS) is 20.1. The fraction of sp³-hybridized carbons (Fsp3) is 0.385. The number of para-hydroxylation sites is 1. The van der Waals surface area contributed by atoms with Gasteiger partial charge in [-0.3, -0.25) is 0 Å². The maximum atomic E-state index is 13.0. The van der Waals surface area contributed by atoms with E-state index in [9.17, 15) is 13.2 Å². The lowest BCUT2D eigenvalue weighted by atomic mass is 10.1. The monoisotopic (exact) mass is 254 g/mol. The molecule has 0 radical (unpaired) electrons. The van der Waals surface area contributed by atoms with Gasteiger partial charge in [-0.2, -0.15) is 13.2 Å². The zero-order chi connectivity index (χ0) is 12.9. The lowest BCUT2D eigenvalue weighted by Gasteiger charge is -2.23. The molecule has 5 heteroatoms. The molecule has 1 aliphatic rings. The molecule has 1 aromatic carbocycles. The van der Waals surface area contributed by atoms with Crippen molar-refractivity contribution in [1.29, 1.82) is 0 Å². The quantitative estimate of drug-likeness (QED) is 0.767. The number of rotatable bonds is 0. The summed E-state index contributed by atoms with van der Waals surface area (Å²) in [6.45, 7) is 0.611. The summed E-state index contributed by atoms with van der Waals surface area (Å²) in [5, 5.41) is 0.622. The zero-order valence-electron chi connectivity index (χ0n) is 9.67. The van der Waals surface area contributed by atoms with Crippen molar-refractivity contribution < 1.29 is 13.2 Å². The second-order valence-electron chi connectivity index (χ2n) is 4.71. The third-order valence-corrected chi connectivity index (χ3v) is 3.53. The summed E-state index contributed by atoms with van der Waals surface area (Å²) in [5.41, 5.74) is 6.48. The Morgan fingerprint density at radius 3 is 2.78 bits per heavy atom. The van der Waals surface area contributed by atoms with Crippen LogP contribution >= 0.6 is 0 Å². The highest BCUT2D eigenvalue weighted by Crippen LogP contribution is 2.38. The number of alkyl halides is 3. The van der Waals surface area contributed by atoms with Crippen LogP contribution in [0.3, 0.4) is 0 Å². The Hall–Kier alpha value is -1.49. The molecule has 96 valence electrons. The van der Waals surface area contributed by atoms with Crippen LogP contribution in [0.15, 0.2) is 24.3 Å². The van der Waals surface area contributed by atoms with Gasteiger partial charge in [-0.1, -0.05) is 12.1 Å². The number of nitrogens with zero attached hydrogens (tertiary/aromatic N) is 1. The first-order valence-electron chi connectivity index (χ1n) is 5.93. The van der Waals surface area contributed by atoms with E-state index in [2.05, 4.69) is 0 Å². The van der Waals surface area contributed by atoms with Gasteiger partial charge in [0, 0.05) is 23.7 Å². The van der Waals surface area contributed by atoms with Gasteiger partial charge < -0.3 is 10.3 Å². The fourth-order valence-electron chi connectivity index (χ4n) is 2.74. The molecule has 0 aliphatic carbocycles. The van der Waals surface area contributed by atoms with Crippen molar-refractivity contribution in [3.05, 3.63) is 35.5 Å². The first kappa shape index (κ1) is 11.6. The highest BCUT2D eigenvalue weighted by atomic mass is 19.4. The van der Waals surface area contributed by atoms with Gasteiger partial charge in [-0.15, -0.1) is 0 Å². The number of benzene rings is 1. The van der Waals surface area contributed by atoms with E-state index in [1.165, 1.54) is 6.07 Å². The molecule has 18 heavy (non-hydrogen) atoms.